The number of nitrogens with one attached hydrogen (secondary N) is 2. The third kappa shape index (κ3) is 3.70. The summed E-state index contributed by atoms with van der Waals surface area (Å²) in [7, 11) is -3.80. The molecule has 2 N–H and O–H groups in total. The van der Waals surface area contributed by atoms with Gasteiger partial charge in [0.2, 0.25) is 0 Å². The summed E-state index contributed by atoms with van der Waals surface area (Å²) >= 11 is 3.32. The largest absolute Gasteiger partial charge is 0.383 e. The highest BCUT2D eigenvalue weighted by atomic mass is 79.9. The number of aryl methyl sites for hydroxylation is 1. The van der Waals surface area contributed by atoms with Crippen molar-refractivity contribution >= 4 is 37.5 Å². The van der Waals surface area contributed by atoms with E-state index in [1.54, 1.807) is 24.4 Å². The van der Waals surface area contributed by atoms with Gasteiger partial charge in [-0.15, -0.1) is 0 Å². The Hall–Kier alpha value is -1.67. The molecule has 6 nitrogen and oxygen atoms in total. The van der Waals surface area contributed by atoms with Crippen molar-refractivity contribution in [3.63, 3.8) is 0 Å². The monoisotopic (exact) mass is 370 g/mol. The Balaban J connectivity index is 2.36. The van der Waals surface area contributed by atoms with Crippen LogP contribution in [0.25, 0.3) is 0 Å². The van der Waals surface area contributed by atoms with E-state index in [4.69, 9.17) is 0 Å². The first-order chi connectivity index (χ1) is 9.94. The van der Waals surface area contributed by atoms with Gasteiger partial charge in [-0.3, -0.25) is 4.72 Å². The summed E-state index contributed by atoms with van der Waals surface area (Å²) in [5.74, 6) is 0.254. The summed E-state index contributed by atoms with van der Waals surface area (Å²) in [6.07, 6.45) is 2.99. The third-order valence-electron chi connectivity index (χ3n) is 2.68. The SMILES string of the molecule is CCNc1cccnc1S(=O)(=O)Nc1cc(C)c(Br)cn1. The summed E-state index contributed by atoms with van der Waals surface area (Å²) in [4.78, 5) is 8.00. The molecule has 0 aromatic carbocycles. The highest BCUT2D eigenvalue weighted by Crippen LogP contribution is 2.22. The molecule has 0 spiro atoms. The van der Waals surface area contributed by atoms with Gasteiger partial charge < -0.3 is 5.32 Å². The van der Waals surface area contributed by atoms with Gasteiger partial charge in [0.25, 0.3) is 10.0 Å². The minimum atomic E-state index is -3.80. The lowest BCUT2D eigenvalue weighted by Crippen LogP contribution is -2.17. The molecule has 0 amide bonds. The Morgan fingerprint density at radius 1 is 1.33 bits per heavy atom. The summed E-state index contributed by atoms with van der Waals surface area (Å²) in [6, 6.07) is 5.00. The maximum absolute atomic E-state index is 12.4. The molecular weight excluding hydrogens is 356 g/mol. The number of hydrogen-bond donors (Lipinski definition) is 2. The predicted molar refractivity (Wildman–Crippen MR) is 85.9 cm³/mol. The number of hydrogen-bond acceptors (Lipinski definition) is 5. The molecule has 21 heavy (non-hydrogen) atoms. The first-order valence-electron chi connectivity index (χ1n) is 6.28. The summed E-state index contributed by atoms with van der Waals surface area (Å²) < 4.78 is 28.1. The third-order valence-corrected chi connectivity index (χ3v) is 4.82. The van der Waals surface area contributed by atoms with Gasteiger partial charge in [-0.05, 0) is 53.5 Å². The van der Waals surface area contributed by atoms with Crippen LogP contribution in [0.15, 0.2) is 40.1 Å². The molecular formula is C13H15BrN4O2S. The van der Waals surface area contributed by atoms with E-state index in [0.29, 0.717) is 12.2 Å². The van der Waals surface area contributed by atoms with Gasteiger partial charge in [0.15, 0.2) is 5.03 Å². The van der Waals surface area contributed by atoms with Crippen LogP contribution in [0.1, 0.15) is 12.5 Å². The number of halogens is 1. The first kappa shape index (κ1) is 15.7. The van der Waals surface area contributed by atoms with Crippen molar-refractivity contribution in [1.82, 2.24) is 9.97 Å². The first-order valence-corrected chi connectivity index (χ1v) is 8.55. The lowest BCUT2D eigenvalue weighted by Gasteiger charge is -2.11. The second kappa shape index (κ2) is 6.40. The van der Waals surface area contributed by atoms with Crippen LogP contribution in [0, 0.1) is 6.92 Å². The Morgan fingerprint density at radius 3 is 2.76 bits per heavy atom. The van der Waals surface area contributed by atoms with Crippen LogP contribution in [0.5, 0.6) is 0 Å². The maximum atomic E-state index is 12.4. The van der Waals surface area contributed by atoms with Crippen molar-refractivity contribution in [2.45, 2.75) is 18.9 Å². The average Bonchev–Trinajstić information content (AvgIpc) is 2.43. The van der Waals surface area contributed by atoms with Crippen molar-refractivity contribution in [3.05, 3.63) is 40.6 Å². The second-order valence-electron chi connectivity index (χ2n) is 4.31. The van der Waals surface area contributed by atoms with Crippen LogP contribution in [0.2, 0.25) is 0 Å². The topological polar surface area (TPSA) is 84.0 Å². The van der Waals surface area contributed by atoms with E-state index >= 15 is 0 Å². The second-order valence-corrected chi connectivity index (χ2v) is 6.76. The van der Waals surface area contributed by atoms with E-state index < -0.39 is 10.0 Å². The fraction of sp³-hybridized carbons (Fsp3) is 0.231. The molecule has 0 unspecified atom stereocenters. The van der Waals surface area contributed by atoms with E-state index in [1.165, 1.54) is 6.20 Å². The van der Waals surface area contributed by atoms with Gasteiger partial charge in [-0.2, -0.15) is 8.42 Å². The lowest BCUT2D eigenvalue weighted by molar-refractivity contribution is 0.597. The minimum Gasteiger partial charge on any atom is -0.383 e. The number of anilines is 2. The lowest BCUT2D eigenvalue weighted by atomic mass is 10.3. The zero-order valence-electron chi connectivity index (χ0n) is 11.6. The molecule has 2 aromatic heterocycles. The normalized spacial score (nSPS) is 11.2. The Kier molecular flexibility index (Phi) is 4.79. The Morgan fingerprint density at radius 2 is 2.10 bits per heavy atom. The zero-order chi connectivity index (χ0) is 15.5. The van der Waals surface area contributed by atoms with E-state index in [9.17, 15) is 8.42 Å². The van der Waals surface area contributed by atoms with Crippen LogP contribution < -0.4 is 10.0 Å². The number of pyridine rings is 2. The van der Waals surface area contributed by atoms with Gasteiger partial charge in [0.1, 0.15) is 5.82 Å². The van der Waals surface area contributed by atoms with Crippen molar-refractivity contribution in [2.75, 3.05) is 16.6 Å². The maximum Gasteiger partial charge on any atom is 0.282 e. The number of sulfonamides is 1. The highest BCUT2D eigenvalue weighted by Gasteiger charge is 2.20. The average molecular weight is 371 g/mol. The van der Waals surface area contributed by atoms with Crippen LogP contribution in [-0.4, -0.2) is 24.9 Å². The summed E-state index contributed by atoms with van der Waals surface area (Å²) in [6.45, 7) is 4.34. The Bertz CT molecular complexity index is 750. The van der Waals surface area contributed by atoms with Crippen molar-refractivity contribution in [1.29, 1.82) is 0 Å². The van der Waals surface area contributed by atoms with Crippen LogP contribution >= 0.6 is 15.9 Å². The molecule has 2 heterocycles. The number of rotatable bonds is 5. The van der Waals surface area contributed by atoms with Crippen molar-refractivity contribution in [3.8, 4) is 0 Å². The predicted octanol–water partition coefficient (Wildman–Crippen LogP) is 2.78. The van der Waals surface area contributed by atoms with Gasteiger partial charge in [0, 0.05) is 23.4 Å². The Labute approximate surface area is 132 Å². The molecule has 0 bridgehead atoms. The molecule has 2 aromatic rings. The quantitative estimate of drug-likeness (QED) is 0.845. The van der Waals surface area contributed by atoms with Crippen molar-refractivity contribution in [2.24, 2.45) is 0 Å². The standard InChI is InChI=1S/C13H15BrN4O2S/c1-3-15-11-5-4-6-16-13(11)21(19,20)18-12-7-9(2)10(14)8-17-12/h4-8,15H,3H2,1-2H3,(H,17,18). The van der Waals surface area contributed by atoms with E-state index in [-0.39, 0.29) is 10.8 Å². The molecule has 0 saturated carbocycles. The zero-order valence-corrected chi connectivity index (χ0v) is 14.0. The smallest absolute Gasteiger partial charge is 0.282 e. The molecule has 112 valence electrons. The van der Waals surface area contributed by atoms with Crippen LogP contribution in [-0.2, 0) is 10.0 Å². The molecule has 0 aliphatic rings. The van der Waals surface area contributed by atoms with Crippen LogP contribution in [0.4, 0.5) is 11.5 Å². The van der Waals surface area contributed by atoms with Gasteiger partial charge in [-0.1, -0.05) is 0 Å². The van der Waals surface area contributed by atoms with E-state index in [2.05, 4.69) is 35.9 Å². The van der Waals surface area contributed by atoms with Crippen molar-refractivity contribution < 1.29 is 8.42 Å². The van der Waals surface area contributed by atoms with Gasteiger partial charge in [0.05, 0.1) is 5.69 Å². The van der Waals surface area contributed by atoms with Gasteiger partial charge in [-0.25, -0.2) is 9.97 Å². The summed E-state index contributed by atoms with van der Waals surface area (Å²) in [5.41, 5.74) is 1.34. The molecule has 0 atom stereocenters. The fourth-order valence-electron chi connectivity index (χ4n) is 1.71. The fourth-order valence-corrected chi connectivity index (χ4v) is 3.04. The molecule has 0 aliphatic heterocycles. The molecule has 0 aliphatic carbocycles. The van der Waals surface area contributed by atoms with Crippen LogP contribution in [0.3, 0.4) is 0 Å². The highest BCUT2D eigenvalue weighted by molar-refractivity contribution is 9.10. The van der Waals surface area contributed by atoms with E-state index in [0.717, 1.165) is 10.0 Å². The molecule has 2 rings (SSSR count). The molecule has 0 saturated heterocycles. The van der Waals surface area contributed by atoms with Gasteiger partial charge >= 0.3 is 0 Å². The number of aromatic nitrogens is 2. The molecule has 0 radical (unpaired) electrons. The van der Waals surface area contributed by atoms with E-state index in [1.807, 2.05) is 13.8 Å². The number of nitrogens with zero attached hydrogens (tertiary/aromatic N) is 2. The minimum absolute atomic E-state index is 0.0470. The summed E-state index contributed by atoms with van der Waals surface area (Å²) in [5, 5.41) is 2.93. The molecule has 8 heteroatoms. The molecule has 0 fully saturated rings.